The Labute approximate surface area is 188 Å². The van der Waals surface area contributed by atoms with Crippen molar-refractivity contribution in [2.24, 2.45) is 5.73 Å². The molecule has 0 spiro atoms. The maximum Gasteiger partial charge on any atom is 0.242 e. The van der Waals surface area contributed by atoms with E-state index in [1.54, 1.807) is 0 Å². The number of nitrogens with zero attached hydrogens (tertiary/aromatic N) is 2. The van der Waals surface area contributed by atoms with E-state index in [1.807, 2.05) is 105 Å². The van der Waals surface area contributed by atoms with E-state index in [4.69, 9.17) is 5.73 Å². The minimum absolute atomic E-state index is 0.232. The lowest BCUT2D eigenvalue weighted by Crippen LogP contribution is -2.41. The van der Waals surface area contributed by atoms with Gasteiger partial charge in [0.25, 0.3) is 0 Å². The molecule has 4 rings (SSSR count). The molecule has 0 saturated heterocycles. The quantitative estimate of drug-likeness (QED) is 0.465. The maximum atomic E-state index is 13.1. The molecule has 0 aliphatic heterocycles. The number of hydrogen-bond donors (Lipinski definition) is 2. The van der Waals surface area contributed by atoms with Crippen LogP contribution in [-0.4, -0.2) is 21.9 Å². The number of aryl methyl sites for hydroxylation is 2. The zero-order chi connectivity index (χ0) is 22.5. The van der Waals surface area contributed by atoms with Gasteiger partial charge in [0, 0.05) is 23.4 Å². The molecule has 1 atom stereocenters. The molecule has 5 nitrogen and oxygen atoms in total. The zero-order valence-electron chi connectivity index (χ0n) is 18.2. The van der Waals surface area contributed by atoms with Crippen molar-refractivity contribution in [3.8, 4) is 11.3 Å². The molecule has 1 heterocycles. The van der Waals surface area contributed by atoms with Gasteiger partial charge in [0.05, 0.1) is 11.7 Å². The minimum Gasteiger partial charge on any atom is -0.325 e. The molecule has 3 aromatic carbocycles. The van der Waals surface area contributed by atoms with Gasteiger partial charge < -0.3 is 11.1 Å². The van der Waals surface area contributed by atoms with E-state index in [0.29, 0.717) is 5.69 Å². The molecule has 0 bridgehead atoms. The van der Waals surface area contributed by atoms with Crippen LogP contribution in [0.2, 0.25) is 0 Å². The fourth-order valence-corrected chi connectivity index (χ4v) is 3.84. The van der Waals surface area contributed by atoms with Crippen LogP contribution in [0.15, 0.2) is 91.1 Å². The van der Waals surface area contributed by atoms with Gasteiger partial charge in [-0.3, -0.25) is 4.79 Å². The Morgan fingerprint density at radius 1 is 0.844 bits per heavy atom. The van der Waals surface area contributed by atoms with Crippen LogP contribution >= 0.6 is 0 Å². The average molecular weight is 423 g/mol. The fourth-order valence-electron chi connectivity index (χ4n) is 3.84. The number of nitrogens with one attached hydrogen (secondary N) is 1. The average Bonchev–Trinajstić information content (AvgIpc) is 2.83. The van der Waals surface area contributed by atoms with E-state index in [9.17, 15) is 4.79 Å². The van der Waals surface area contributed by atoms with Crippen LogP contribution in [0.4, 0.5) is 5.69 Å². The molecule has 0 saturated carbocycles. The molecule has 1 amide bonds. The van der Waals surface area contributed by atoms with Gasteiger partial charge in [-0.25, -0.2) is 9.97 Å². The molecule has 0 radical (unpaired) electrons. The predicted octanol–water partition coefficient (Wildman–Crippen LogP) is 4.86. The summed E-state index contributed by atoms with van der Waals surface area (Å²) in [6.45, 7) is 3.85. The normalized spacial score (nSPS) is 11.9. The van der Waals surface area contributed by atoms with Gasteiger partial charge in [0.1, 0.15) is 5.82 Å². The van der Waals surface area contributed by atoms with Gasteiger partial charge in [-0.15, -0.1) is 0 Å². The lowest BCUT2D eigenvalue weighted by atomic mass is 9.85. The minimum atomic E-state index is -0.744. The zero-order valence-corrected chi connectivity index (χ0v) is 18.2. The summed E-state index contributed by atoms with van der Waals surface area (Å²) in [4.78, 5) is 21.9. The van der Waals surface area contributed by atoms with Gasteiger partial charge >= 0.3 is 0 Å². The highest BCUT2D eigenvalue weighted by Gasteiger charge is 2.27. The van der Waals surface area contributed by atoms with Crippen molar-refractivity contribution < 1.29 is 4.79 Å². The molecule has 5 heteroatoms. The summed E-state index contributed by atoms with van der Waals surface area (Å²) in [6, 6.07) is 26.7. The van der Waals surface area contributed by atoms with E-state index in [1.165, 1.54) is 0 Å². The van der Waals surface area contributed by atoms with Crippen LogP contribution in [-0.2, 0) is 4.79 Å². The first kappa shape index (κ1) is 21.4. The topological polar surface area (TPSA) is 80.9 Å². The van der Waals surface area contributed by atoms with Crippen molar-refractivity contribution in [1.29, 1.82) is 0 Å². The number of carbonyl (C=O) groups excluding carboxylic acids is 1. The highest BCUT2D eigenvalue weighted by atomic mass is 16.2. The summed E-state index contributed by atoms with van der Waals surface area (Å²) < 4.78 is 0. The maximum absolute atomic E-state index is 13.1. The number of nitrogens with two attached hydrogens (primary N) is 1. The standard InChI is InChI=1S/C27H26N4O/c1-18-17-29-19(2)30-26(18)22-13-15-23(16-14-22)31-27(32)25(28)24(20-9-5-3-6-10-20)21-11-7-4-8-12-21/h3-17,24-25H,28H2,1-2H3,(H,31,32)/t25-/m0/s1. The largest absolute Gasteiger partial charge is 0.325 e. The molecule has 32 heavy (non-hydrogen) atoms. The number of aromatic nitrogens is 2. The van der Waals surface area contributed by atoms with Crippen molar-refractivity contribution in [2.45, 2.75) is 25.8 Å². The number of rotatable bonds is 6. The van der Waals surface area contributed by atoms with Gasteiger partial charge in [-0.1, -0.05) is 72.8 Å². The molecular formula is C27H26N4O. The van der Waals surface area contributed by atoms with E-state index in [2.05, 4.69) is 15.3 Å². The molecular weight excluding hydrogens is 396 g/mol. The lowest BCUT2D eigenvalue weighted by Gasteiger charge is -2.24. The summed E-state index contributed by atoms with van der Waals surface area (Å²) in [5.41, 5.74) is 12.1. The van der Waals surface area contributed by atoms with Crippen LogP contribution in [0.5, 0.6) is 0 Å². The number of amides is 1. The molecule has 4 aromatic rings. The Kier molecular flexibility index (Phi) is 6.38. The van der Waals surface area contributed by atoms with Gasteiger partial charge in [-0.2, -0.15) is 0 Å². The highest BCUT2D eigenvalue weighted by molar-refractivity contribution is 5.96. The van der Waals surface area contributed by atoms with E-state index in [0.717, 1.165) is 33.8 Å². The summed E-state index contributed by atoms with van der Waals surface area (Å²) in [5.74, 6) is 0.245. The van der Waals surface area contributed by atoms with Crippen LogP contribution in [0.3, 0.4) is 0 Å². The SMILES string of the molecule is Cc1ncc(C)c(-c2ccc(NC(=O)[C@@H](N)C(c3ccccc3)c3ccccc3)cc2)n1. The second-order valence-corrected chi connectivity index (χ2v) is 7.84. The van der Waals surface area contributed by atoms with Crippen LogP contribution < -0.4 is 11.1 Å². The molecule has 0 aliphatic rings. The Bertz CT molecular complexity index is 1150. The summed E-state index contributed by atoms with van der Waals surface area (Å²) in [6.07, 6.45) is 1.82. The van der Waals surface area contributed by atoms with Gasteiger partial charge in [0.2, 0.25) is 5.91 Å². The van der Waals surface area contributed by atoms with Gasteiger partial charge in [-0.05, 0) is 42.7 Å². The van der Waals surface area contributed by atoms with E-state index >= 15 is 0 Å². The molecule has 160 valence electrons. The number of carbonyl (C=O) groups is 1. The first-order chi connectivity index (χ1) is 15.5. The Balaban J connectivity index is 1.55. The smallest absolute Gasteiger partial charge is 0.242 e. The Morgan fingerprint density at radius 2 is 1.41 bits per heavy atom. The molecule has 1 aromatic heterocycles. The fraction of sp³-hybridized carbons (Fsp3) is 0.148. The third-order valence-corrected chi connectivity index (χ3v) is 5.50. The Morgan fingerprint density at radius 3 is 1.97 bits per heavy atom. The molecule has 0 unspecified atom stereocenters. The third-order valence-electron chi connectivity index (χ3n) is 5.50. The van der Waals surface area contributed by atoms with Crippen molar-refractivity contribution >= 4 is 11.6 Å². The Hall–Kier alpha value is -3.83. The molecule has 0 fully saturated rings. The second kappa shape index (κ2) is 9.54. The van der Waals surface area contributed by atoms with Crippen LogP contribution in [0, 0.1) is 13.8 Å². The monoisotopic (exact) mass is 422 g/mol. The first-order valence-corrected chi connectivity index (χ1v) is 10.6. The second-order valence-electron chi connectivity index (χ2n) is 7.84. The molecule has 3 N–H and O–H groups in total. The summed E-state index contributed by atoms with van der Waals surface area (Å²) in [5, 5.41) is 2.97. The van der Waals surface area contributed by atoms with E-state index < -0.39 is 6.04 Å². The number of hydrogen-bond acceptors (Lipinski definition) is 4. The predicted molar refractivity (Wildman–Crippen MR) is 128 cm³/mol. The van der Waals surface area contributed by atoms with Crippen molar-refractivity contribution in [3.63, 3.8) is 0 Å². The van der Waals surface area contributed by atoms with Gasteiger partial charge in [0.15, 0.2) is 0 Å². The number of anilines is 1. The van der Waals surface area contributed by atoms with Crippen molar-refractivity contribution in [1.82, 2.24) is 9.97 Å². The summed E-state index contributed by atoms with van der Waals surface area (Å²) >= 11 is 0. The van der Waals surface area contributed by atoms with Crippen molar-refractivity contribution in [2.75, 3.05) is 5.32 Å². The third kappa shape index (κ3) is 4.74. The lowest BCUT2D eigenvalue weighted by molar-refractivity contribution is -0.117. The molecule has 0 aliphatic carbocycles. The highest BCUT2D eigenvalue weighted by Crippen LogP contribution is 2.28. The summed E-state index contributed by atoms with van der Waals surface area (Å²) in [7, 11) is 0. The first-order valence-electron chi connectivity index (χ1n) is 10.6. The van der Waals surface area contributed by atoms with Crippen LogP contribution in [0.25, 0.3) is 11.3 Å². The number of benzene rings is 3. The van der Waals surface area contributed by atoms with Crippen LogP contribution in [0.1, 0.15) is 28.4 Å². The van der Waals surface area contributed by atoms with Crippen molar-refractivity contribution in [3.05, 3.63) is 114 Å². The van der Waals surface area contributed by atoms with E-state index in [-0.39, 0.29) is 11.8 Å².